The minimum Gasteiger partial charge on any atom is -0.493 e. The van der Waals surface area contributed by atoms with Gasteiger partial charge < -0.3 is 13.9 Å². The lowest BCUT2D eigenvalue weighted by atomic mass is 10.1. The molecule has 3 aromatic rings. The van der Waals surface area contributed by atoms with Crippen molar-refractivity contribution in [2.24, 2.45) is 5.10 Å². The molecule has 3 rings (SSSR count). The number of rotatable bonds is 7. The van der Waals surface area contributed by atoms with Crippen molar-refractivity contribution in [3.63, 3.8) is 0 Å². The second kappa shape index (κ2) is 9.43. The van der Waals surface area contributed by atoms with Gasteiger partial charge in [-0.25, -0.2) is 5.43 Å². The van der Waals surface area contributed by atoms with E-state index < -0.39 is 0 Å². The van der Waals surface area contributed by atoms with E-state index in [9.17, 15) is 10.1 Å². The fraction of sp³-hybridized carbons (Fsp3) is 0.292. The largest absolute Gasteiger partial charge is 0.493 e. The van der Waals surface area contributed by atoms with Crippen LogP contribution in [0, 0.1) is 39.0 Å². The number of nitrogens with one attached hydrogen (secondary N) is 1. The first-order chi connectivity index (χ1) is 15.3. The van der Waals surface area contributed by atoms with Gasteiger partial charge in [-0.05, 0) is 51.5 Å². The highest BCUT2D eigenvalue weighted by Gasteiger charge is 2.20. The molecule has 0 aliphatic heterocycles. The molecule has 0 aliphatic carbocycles. The molecule has 0 saturated heterocycles. The quantitative estimate of drug-likeness (QED) is 0.449. The minimum absolute atomic E-state index is 0.146. The number of nitrogens with zero attached hydrogens (tertiary/aromatic N) is 3. The molecule has 8 heteroatoms. The van der Waals surface area contributed by atoms with Crippen molar-refractivity contribution in [2.75, 3.05) is 14.2 Å². The monoisotopic (exact) mass is 434 g/mol. The van der Waals surface area contributed by atoms with Crippen molar-refractivity contribution in [1.29, 1.82) is 5.26 Å². The van der Waals surface area contributed by atoms with Crippen LogP contribution in [0.5, 0.6) is 11.5 Å². The fourth-order valence-electron chi connectivity index (χ4n) is 3.52. The number of ether oxygens (including phenoxy) is 2. The first-order valence-electron chi connectivity index (χ1n) is 10.0. The Kier molecular flexibility index (Phi) is 6.69. The maximum Gasteiger partial charge on any atom is 0.244 e. The summed E-state index contributed by atoms with van der Waals surface area (Å²) in [5, 5.41) is 13.6. The van der Waals surface area contributed by atoms with Crippen LogP contribution in [-0.4, -0.2) is 30.9 Å². The molecule has 2 aromatic heterocycles. The van der Waals surface area contributed by atoms with Crippen LogP contribution in [0.3, 0.4) is 0 Å². The Bertz CT molecular complexity index is 1230. The SMILES string of the molecule is COc1ccc(CC(=O)N/N=C/c2cc(C)n(-c3oc(C)c(C)c3C#N)c2C)cc1OC. The Hall–Kier alpha value is -3.99. The Labute approximate surface area is 187 Å². The summed E-state index contributed by atoms with van der Waals surface area (Å²) in [6.07, 6.45) is 1.73. The molecule has 8 nitrogen and oxygen atoms in total. The second-order valence-electron chi connectivity index (χ2n) is 7.40. The van der Waals surface area contributed by atoms with Crippen LogP contribution in [0.15, 0.2) is 33.8 Å². The molecule has 0 spiro atoms. The smallest absolute Gasteiger partial charge is 0.244 e. The van der Waals surface area contributed by atoms with E-state index in [4.69, 9.17) is 13.9 Å². The van der Waals surface area contributed by atoms with Gasteiger partial charge in [0.25, 0.3) is 0 Å². The summed E-state index contributed by atoms with van der Waals surface area (Å²) in [7, 11) is 3.11. The summed E-state index contributed by atoms with van der Waals surface area (Å²) in [4.78, 5) is 12.3. The van der Waals surface area contributed by atoms with Crippen molar-refractivity contribution in [2.45, 2.75) is 34.1 Å². The van der Waals surface area contributed by atoms with Gasteiger partial charge in [0.15, 0.2) is 11.5 Å². The fourth-order valence-corrected chi connectivity index (χ4v) is 3.52. The number of methoxy groups -OCH3 is 2. The molecule has 0 atom stereocenters. The van der Waals surface area contributed by atoms with Crippen molar-refractivity contribution in [1.82, 2.24) is 9.99 Å². The summed E-state index contributed by atoms with van der Waals surface area (Å²) < 4.78 is 18.2. The van der Waals surface area contributed by atoms with Gasteiger partial charge in [0.1, 0.15) is 17.4 Å². The summed E-state index contributed by atoms with van der Waals surface area (Å²) in [6.45, 7) is 7.54. The summed E-state index contributed by atoms with van der Waals surface area (Å²) in [5.74, 6) is 2.11. The van der Waals surface area contributed by atoms with Crippen LogP contribution < -0.4 is 14.9 Å². The van der Waals surface area contributed by atoms with Gasteiger partial charge in [-0.1, -0.05) is 6.07 Å². The van der Waals surface area contributed by atoms with E-state index in [2.05, 4.69) is 16.6 Å². The third-order valence-electron chi connectivity index (χ3n) is 5.36. The zero-order valence-corrected chi connectivity index (χ0v) is 19.1. The molecule has 0 aliphatic rings. The molecule has 1 amide bonds. The predicted octanol–water partition coefficient (Wildman–Crippen LogP) is 3.89. The summed E-state index contributed by atoms with van der Waals surface area (Å²) in [6, 6.07) is 9.47. The zero-order chi connectivity index (χ0) is 23.4. The topological polar surface area (TPSA) is 102 Å². The maximum atomic E-state index is 12.3. The highest BCUT2D eigenvalue weighted by Crippen LogP contribution is 2.29. The van der Waals surface area contributed by atoms with Crippen LogP contribution in [0.2, 0.25) is 0 Å². The van der Waals surface area contributed by atoms with Gasteiger partial charge in [0, 0.05) is 22.5 Å². The molecule has 32 heavy (non-hydrogen) atoms. The van der Waals surface area contributed by atoms with Gasteiger partial charge in [-0.15, -0.1) is 0 Å². The number of furan rings is 1. The van der Waals surface area contributed by atoms with E-state index >= 15 is 0 Å². The van der Waals surface area contributed by atoms with Crippen LogP contribution in [0.25, 0.3) is 5.88 Å². The number of amides is 1. The van der Waals surface area contributed by atoms with Gasteiger partial charge in [-0.2, -0.15) is 10.4 Å². The molecule has 0 bridgehead atoms. The van der Waals surface area contributed by atoms with Crippen molar-refractivity contribution in [3.8, 4) is 23.5 Å². The third kappa shape index (κ3) is 4.37. The molecule has 1 aromatic carbocycles. The van der Waals surface area contributed by atoms with Gasteiger partial charge in [-0.3, -0.25) is 9.36 Å². The third-order valence-corrected chi connectivity index (χ3v) is 5.36. The lowest BCUT2D eigenvalue weighted by molar-refractivity contribution is -0.120. The Morgan fingerprint density at radius 2 is 1.91 bits per heavy atom. The number of hydrazone groups is 1. The first kappa shape index (κ1) is 22.7. The van der Waals surface area contributed by atoms with Crippen LogP contribution >= 0.6 is 0 Å². The standard InChI is InChI=1S/C24H26N4O4/c1-14-9-19(16(3)28(14)24-20(12-25)15(2)17(4)32-24)13-26-27-23(29)11-18-7-8-21(30-5)22(10-18)31-6/h7-10,13H,11H2,1-6H3,(H,27,29)/b26-13+. The van der Waals surface area contributed by atoms with E-state index in [1.807, 2.05) is 38.3 Å². The number of carbonyl (C=O) groups is 1. The number of carbonyl (C=O) groups excluding carboxylic acids is 1. The van der Waals surface area contributed by atoms with Crippen molar-refractivity contribution >= 4 is 12.1 Å². The Balaban J connectivity index is 1.74. The van der Waals surface area contributed by atoms with E-state index in [-0.39, 0.29) is 12.3 Å². The maximum absolute atomic E-state index is 12.3. The molecule has 166 valence electrons. The summed E-state index contributed by atoms with van der Waals surface area (Å²) >= 11 is 0. The highest BCUT2D eigenvalue weighted by molar-refractivity contribution is 5.85. The Morgan fingerprint density at radius 1 is 1.19 bits per heavy atom. The van der Waals surface area contributed by atoms with Crippen molar-refractivity contribution < 1.29 is 18.7 Å². The van der Waals surface area contributed by atoms with E-state index in [0.29, 0.717) is 28.7 Å². The number of aryl methyl sites for hydroxylation is 2. The summed E-state index contributed by atoms with van der Waals surface area (Å²) in [5.41, 5.74) is 7.22. The van der Waals surface area contributed by atoms with Gasteiger partial charge in [0.05, 0.1) is 26.9 Å². The first-order valence-corrected chi connectivity index (χ1v) is 10.0. The molecular formula is C24H26N4O4. The van der Waals surface area contributed by atoms with Crippen LogP contribution in [0.1, 0.15) is 39.4 Å². The van der Waals surface area contributed by atoms with Crippen molar-refractivity contribution in [3.05, 3.63) is 63.7 Å². The average molecular weight is 434 g/mol. The molecule has 0 unspecified atom stereocenters. The molecule has 0 saturated carbocycles. The average Bonchev–Trinajstić information content (AvgIpc) is 3.21. The van der Waals surface area contributed by atoms with Gasteiger partial charge >= 0.3 is 0 Å². The lowest BCUT2D eigenvalue weighted by Crippen LogP contribution is -2.19. The van der Waals surface area contributed by atoms with Gasteiger partial charge in [0.2, 0.25) is 11.8 Å². The molecular weight excluding hydrogens is 408 g/mol. The highest BCUT2D eigenvalue weighted by atomic mass is 16.5. The minimum atomic E-state index is -0.258. The van der Waals surface area contributed by atoms with E-state index in [1.165, 1.54) is 0 Å². The number of nitriles is 1. The number of benzene rings is 1. The predicted molar refractivity (Wildman–Crippen MR) is 121 cm³/mol. The number of hydrogen-bond donors (Lipinski definition) is 1. The Morgan fingerprint density at radius 3 is 2.56 bits per heavy atom. The van der Waals surface area contributed by atoms with Crippen LogP contribution in [-0.2, 0) is 11.2 Å². The van der Waals surface area contributed by atoms with E-state index in [0.717, 1.165) is 28.1 Å². The normalized spacial score (nSPS) is 10.9. The molecule has 0 fully saturated rings. The van der Waals surface area contributed by atoms with Crippen LogP contribution in [0.4, 0.5) is 0 Å². The second-order valence-corrected chi connectivity index (χ2v) is 7.40. The molecule has 1 N–H and O–H groups in total. The molecule has 0 radical (unpaired) electrons. The van der Waals surface area contributed by atoms with E-state index in [1.54, 1.807) is 38.6 Å². The number of hydrogen-bond acceptors (Lipinski definition) is 6. The molecule has 2 heterocycles. The number of aromatic nitrogens is 1. The zero-order valence-electron chi connectivity index (χ0n) is 19.1. The lowest BCUT2D eigenvalue weighted by Gasteiger charge is -2.09.